The molecule has 0 aromatic rings. The second-order valence-electron chi connectivity index (χ2n) is 7.09. The number of aliphatic carboxylic acids is 1. The van der Waals surface area contributed by atoms with Crippen LogP contribution in [0.1, 0.15) is 66.2 Å². The van der Waals surface area contributed by atoms with E-state index in [1.165, 1.54) is 6.42 Å². The lowest BCUT2D eigenvalue weighted by molar-refractivity contribution is -0.158. The number of carbonyl (C=O) groups excluding carboxylic acids is 1. The van der Waals surface area contributed by atoms with E-state index in [2.05, 4.69) is 27.7 Å². The monoisotopic (exact) mass is 284 g/mol. The molecule has 20 heavy (non-hydrogen) atoms. The molecule has 2 unspecified atom stereocenters. The second-order valence-corrected chi connectivity index (χ2v) is 7.09. The molecule has 4 heteroatoms. The van der Waals surface area contributed by atoms with Crippen LogP contribution in [0.4, 0.5) is 0 Å². The zero-order valence-corrected chi connectivity index (χ0v) is 13.1. The van der Waals surface area contributed by atoms with Crippen molar-refractivity contribution >= 4 is 11.9 Å². The summed E-state index contributed by atoms with van der Waals surface area (Å²) in [4.78, 5) is 22.3. The van der Waals surface area contributed by atoms with Gasteiger partial charge in [0.25, 0.3) is 0 Å². The molecular formula is C16H28O4. The van der Waals surface area contributed by atoms with Gasteiger partial charge >= 0.3 is 11.9 Å². The Morgan fingerprint density at radius 1 is 1.30 bits per heavy atom. The minimum absolute atomic E-state index is 0.0175. The Kier molecular flexibility index (Phi) is 6.03. The average Bonchev–Trinajstić information content (AvgIpc) is 2.26. The zero-order chi connectivity index (χ0) is 15.3. The fourth-order valence-corrected chi connectivity index (χ4v) is 3.04. The van der Waals surface area contributed by atoms with Crippen LogP contribution < -0.4 is 0 Å². The molecule has 0 bridgehead atoms. The molecule has 1 aliphatic rings. The summed E-state index contributed by atoms with van der Waals surface area (Å²) in [5.41, 5.74) is 0.220. The third-order valence-corrected chi connectivity index (χ3v) is 4.30. The third-order valence-electron chi connectivity index (χ3n) is 4.30. The molecule has 2 atom stereocenters. The lowest BCUT2D eigenvalue weighted by Crippen LogP contribution is -2.39. The summed E-state index contributed by atoms with van der Waals surface area (Å²) in [5.74, 6) is -0.189. The van der Waals surface area contributed by atoms with E-state index >= 15 is 0 Å². The molecule has 1 saturated carbocycles. The van der Waals surface area contributed by atoms with Crippen LogP contribution in [0.15, 0.2) is 0 Å². The molecule has 0 aromatic heterocycles. The van der Waals surface area contributed by atoms with Gasteiger partial charge in [-0.2, -0.15) is 0 Å². The molecule has 0 amide bonds. The summed E-state index contributed by atoms with van der Waals surface area (Å²) in [6.45, 7) is 8.78. The zero-order valence-electron chi connectivity index (χ0n) is 13.1. The highest BCUT2D eigenvalue weighted by atomic mass is 16.5. The molecule has 0 radical (unpaired) electrons. The Morgan fingerprint density at radius 3 is 2.50 bits per heavy atom. The number of rotatable bonds is 6. The maximum absolute atomic E-state index is 11.9. The van der Waals surface area contributed by atoms with Gasteiger partial charge in [-0.1, -0.05) is 27.7 Å². The van der Waals surface area contributed by atoms with Gasteiger partial charge < -0.3 is 9.84 Å². The van der Waals surface area contributed by atoms with E-state index < -0.39 is 5.97 Å². The SMILES string of the molecule is CC(C)C1CCC(C)(C)CC1OC(=O)CCCC(=O)O. The minimum atomic E-state index is -0.864. The van der Waals surface area contributed by atoms with Gasteiger partial charge in [0, 0.05) is 12.8 Å². The van der Waals surface area contributed by atoms with E-state index in [-0.39, 0.29) is 30.3 Å². The van der Waals surface area contributed by atoms with Gasteiger partial charge in [-0.15, -0.1) is 0 Å². The van der Waals surface area contributed by atoms with Crippen LogP contribution in [0.5, 0.6) is 0 Å². The topological polar surface area (TPSA) is 63.6 Å². The summed E-state index contributed by atoms with van der Waals surface area (Å²) in [6.07, 6.45) is 3.74. The summed E-state index contributed by atoms with van der Waals surface area (Å²) < 4.78 is 5.65. The molecule has 0 aromatic carbocycles. The Morgan fingerprint density at radius 2 is 1.95 bits per heavy atom. The Labute approximate surface area is 121 Å². The van der Waals surface area contributed by atoms with Gasteiger partial charge in [0.15, 0.2) is 0 Å². The molecule has 1 N–H and O–H groups in total. The van der Waals surface area contributed by atoms with Crippen molar-refractivity contribution in [2.45, 2.75) is 72.3 Å². The summed E-state index contributed by atoms with van der Waals surface area (Å²) >= 11 is 0. The van der Waals surface area contributed by atoms with Gasteiger partial charge in [-0.05, 0) is 42.9 Å². The van der Waals surface area contributed by atoms with Crippen molar-refractivity contribution in [1.29, 1.82) is 0 Å². The predicted molar refractivity (Wildman–Crippen MR) is 77.3 cm³/mol. The maximum atomic E-state index is 11.9. The van der Waals surface area contributed by atoms with E-state index in [0.717, 1.165) is 12.8 Å². The quantitative estimate of drug-likeness (QED) is 0.756. The number of hydrogen-bond acceptors (Lipinski definition) is 3. The van der Waals surface area contributed by atoms with E-state index in [4.69, 9.17) is 9.84 Å². The fourth-order valence-electron chi connectivity index (χ4n) is 3.04. The van der Waals surface area contributed by atoms with Gasteiger partial charge in [-0.25, -0.2) is 0 Å². The van der Waals surface area contributed by atoms with Crippen molar-refractivity contribution < 1.29 is 19.4 Å². The van der Waals surface area contributed by atoms with Crippen molar-refractivity contribution in [3.63, 3.8) is 0 Å². The van der Waals surface area contributed by atoms with Crippen molar-refractivity contribution in [1.82, 2.24) is 0 Å². The molecule has 0 heterocycles. The molecule has 0 spiro atoms. The number of ether oxygens (including phenoxy) is 1. The van der Waals surface area contributed by atoms with Gasteiger partial charge in [0.1, 0.15) is 6.10 Å². The second kappa shape index (κ2) is 7.09. The van der Waals surface area contributed by atoms with Crippen molar-refractivity contribution in [3.05, 3.63) is 0 Å². The first kappa shape index (κ1) is 17.0. The molecule has 0 aliphatic heterocycles. The predicted octanol–water partition coefficient (Wildman–Crippen LogP) is 3.64. The van der Waals surface area contributed by atoms with Crippen LogP contribution in [-0.2, 0) is 14.3 Å². The van der Waals surface area contributed by atoms with Crippen LogP contribution >= 0.6 is 0 Å². The molecular weight excluding hydrogens is 256 g/mol. The van der Waals surface area contributed by atoms with Gasteiger partial charge in [0.05, 0.1) is 0 Å². The average molecular weight is 284 g/mol. The molecule has 4 nitrogen and oxygen atoms in total. The lowest BCUT2D eigenvalue weighted by Gasteiger charge is -2.41. The minimum Gasteiger partial charge on any atom is -0.481 e. The fraction of sp³-hybridized carbons (Fsp3) is 0.875. The van der Waals surface area contributed by atoms with Crippen LogP contribution in [0.2, 0.25) is 0 Å². The summed E-state index contributed by atoms with van der Waals surface area (Å²) in [5, 5.41) is 8.58. The van der Waals surface area contributed by atoms with Gasteiger partial charge in [-0.3, -0.25) is 9.59 Å². The molecule has 1 aliphatic carbocycles. The van der Waals surface area contributed by atoms with Crippen LogP contribution in [0.3, 0.4) is 0 Å². The number of esters is 1. The van der Waals surface area contributed by atoms with Crippen LogP contribution in [0.25, 0.3) is 0 Å². The normalized spacial score (nSPS) is 25.4. The summed E-state index contributed by atoms with van der Waals surface area (Å²) in [7, 11) is 0. The molecule has 1 fully saturated rings. The van der Waals surface area contributed by atoms with Gasteiger partial charge in [0.2, 0.25) is 0 Å². The highest BCUT2D eigenvalue weighted by Gasteiger charge is 2.38. The number of carboxylic acids is 1. The highest BCUT2D eigenvalue weighted by Crippen LogP contribution is 2.42. The standard InChI is InChI=1S/C16H28O4/c1-11(2)12-8-9-16(3,4)10-13(12)20-15(19)7-5-6-14(17)18/h11-13H,5-10H2,1-4H3,(H,17,18). The maximum Gasteiger partial charge on any atom is 0.306 e. The first-order valence-electron chi connectivity index (χ1n) is 7.62. The van der Waals surface area contributed by atoms with E-state index in [1.54, 1.807) is 0 Å². The Balaban J connectivity index is 2.52. The molecule has 116 valence electrons. The Bertz CT molecular complexity index is 346. The van der Waals surface area contributed by atoms with Crippen molar-refractivity contribution in [2.75, 3.05) is 0 Å². The largest absolute Gasteiger partial charge is 0.481 e. The first-order valence-corrected chi connectivity index (χ1v) is 7.62. The van der Waals surface area contributed by atoms with E-state index in [1.807, 2.05) is 0 Å². The van der Waals surface area contributed by atoms with E-state index in [0.29, 0.717) is 18.3 Å². The molecule has 0 saturated heterocycles. The highest BCUT2D eigenvalue weighted by molar-refractivity contribution is 5.71. The summed E-state index contributed by atoms with van der Waals surface area (Å²) in [6, 6.07) is 0. The number of carbonyl (C=O) groups is 2. The lowest BCUT2D eigenvalue weighted by atomic mass is 9.68. The van der Waals surface area contributed by atoms with Crippen LogP contribution in [0, 0.1) is 17.3 Å². The Hall–Kier alpha value is -1.06. The number of carboxylic acid groups (broad SMARTS) is 1. The third kappa shape index (κ3) is 5.51. The molecule has 1 rings (SSSR count). The smallest absolute Gasteiger partial charge is 0.306 e. The van der Waals surface area contributed by atoms with E-state index in [9.17, 15) is 9.59 Å². The first-order chi connectivity index (χ1) is 9.21. The van der Waals surface area contributed by atoms with Crippen molar-refractivity contribution in [3.8, 4) is 0 Å². The van der Waals surface area contributed by atoms with Crippen LogP contribution in [-0.4, -0.2) is 23.1 Å². The van der Waals surface area contributed by atoms with Crippen molar-refractivity contribution in [2.24, 2.45) is 17.3 Å². The number of hydrogen-bond donors (Lipinski definition) is 1.